The van der Waals surface area contributed by atoms with Crippen molar-refractivity contribution in [3.8, 4) is 17.6 Å². The summed E-state index contributed by atoms with van der Waals surface area (Å²) in [7, 11) is 1.58. The number of nitrogens with two attached hydrogens (primary N) is 1. The van der Waals surface area contributed by atoms with E-state index in [9.17, 15) is 15.1 Å². The number of nitrogens with zero attached hydrogens (tertiary/aromatic N) is 1. The van der Waals surface area contributed by atoms with Crippen LogP contribution in [0.4, 0.5) is 4.79 Å². The summed E-state index contributed by atoms with van der Waals surface area (Å²) in [6.45, 7) is -0.0266. The average Bonchev–Trinajstić information content (AvgIpc) is 2.60. The van der Waals surface area contributed by atoms with Gasteiger partial charge in [0.2, 0.25) is 0 Å². The third-order valence-electron chi connectivity index (χ3n) is 3.31. The van der Waals surface area contributed by atoms with Gasteiger partial charge in [-0.3, -0.25) is 5.21 Å². The third-order valence-corrected chi connectivity index (χ3v) is 3.31. The molecule has 1 atom stereocenters. The lowest BCUT2D eigenvalue weighted by Crippen LogP contribution is -2.31. The van der Waals surface area contributed by atoms with Crippen molar-refractivity contribution in [1.82, 2.24) is 5.06 Å². The van der Waals surface area contributed by atoms with Gasteiger partial charge in [0.1, 0.15) is 11.9 Å². The summed E-state index contributed by atoms with van der Waals surface area (Å²) in [6.07, 6.45) is -0.952. The third kappa shape index (κ3) is 4.74. The first-order valence-corrected chi connectivity index (χ1v) is 7.18. The van der Waals surface area contributed by atoms with Crippen molar-refractivity contribution in [1.29, 1.82) is 0 Å². The van der Waals surface area contributed by atoms with Crippen molar-refractivity contribution >= 4 is 6.03 Å². The number of hydrogen-bond acceptors (Lipinski definition) is 4. The highest BCUT2D eigenvalue weighted by molar-refractivity contribution is 5.70. The smallest absolute Gasteiger partial charge is 0.338 e. The molecule has 2 rings (SSSR count). The quantitative estimate of drug-likeness (QED) is 0.455. The van der Waals surface area contributed by atoms with E-state index in [-0.39, 0.29) is 6.54 Å². The number of methoxy groups -OCH3 is 1. The Morgan fingerprint density at radius 2 is 2.00 bits per heavy atom. The monoisotopic (exact) mass is 326 g/mol. The van der Waals surface area contributed by atoms with E-state index in [1.165, 1.54) is 0 Å². The standard InChI is InChI=1S/C18H18N2O4/c1-24-16-4-2-3-13(11-16)7-10-17(21)15-8-5-14(6-9-15)12-20(23)18(19)22/h2-6,8-9,11,17,21,23H,12H2,1H3,(H2,19,22). The Hall–Kier alpha value is -3.01. The van der Waals surface area contributed by atoms with Crippen LogP contribution in [-0.2, 0) is 6.54 Å². The van der Waals surface area contributed by atoms with E-state index >= 15 is 0 Å². The molecule has 0 heterocycles. The van der Waals surface area contributed by atoms with Gasteiger partial charge in [-0.25, -0.2) is 9.86 Å². The van der Waals surface area contributed by atoms with Gasteiger partial charge >= 0.3 is 6.03 Å². The number of ether oxygens (including phenoxy) is 1. The van der Waals surface area contributed by atoms with E-state index in [0.717, 1.165) is 5.56 Å². The molecular formula is C18H18N2O4. The van der Waals surface area contributed by atoms with Gasteiger partial charge in [0.05, 0.1) is 13.7 Å². The van der Waals surface area contributed by atoms with Gasteiger partial charge in [-0.15, -0.1) is 0 Å². The second-order valence-electron chi connectivity index (χ2n) is 5.04. The summed E-state index contributed by atoms with van der Waals surface area (Å²) in [5.41, 5.74) is 6.97. The van der Waals surface area contributed by atoms with Crippen LogP contribution in [0, 0.1) is 11.8 Å². The van der Waals surface area contributed by atoms with Gasteiger partial charge < -0.3 is 15.6 Å². The van der Waals surface area contributed by atoms with Crippen LogP contribution >= 0.6 is 0 Å². The minimum Gasteiger partial charge on any atom is -0.497 e. The summed E-state index contributed by atoms with van der Waals surface area (Å²) < 4.78 is 5.12. The van der Waals surface area contributed by atoms with Crippen LogP contribution < -0.4 is 10.5 Å². The molecule has 0 aliphatic carbocycles. The van der Waals surface area contributed by atoms with Crippen molar-refractivity contribution in [2.45, 2.75) is 12.6 Å². The molecule has 6 nitrogen and oxygen atoms in total. The number of hydrogen-bond donors (Lipinski definition) is 3. The maximum atomic E-state index is 10.8. The highest BCUT2D eigenvalue weighted by Gasteiger charge is 2.08. The summed E-state index contributed by atoms with van der Waals surface area (Å²) in [6, 6.07) is 13.0. The molecule has 0 aliphatic rings. The fourth-order valence-electron chi connectivity index (χ4n) is 1.99. The van der Waals surface area contributed by atoms with E-state index in [0.29, 0.717) is 21.9 Å². The number of rotatable bonds is 4. The fourth-order valence-corrected chi connectivity index (χ4v) is 1.99. The maximum Gasteiger partial charge on any atom is 0.338 e. The highest BCUT2D eigenvalue weighted by atomic mass is 16.5. The number of primary amides is 1. The Morgan fingerprint density at radius 1 is 1.29 bits per heavy atom. The van der Waals surface area contributed by atoms with Gasteiger partial charge in [0.25, 0.3) is 0 Å². The summed E-state index contributed by atoms with van der Waals surface area (Å²) in [4.78, 5) is 10.8. The van der Waals surface area contributed by atoms with Crippen LogP contribution in [0.2, 0.25) is 0 Å². The van der Waals surface area contributed by atoms with Crippen molar-refractivity contribution < 1.29 is 19.8 Å². The van der Waals surface area contributed by atoms with Crippen molar-refractivity contribution in [2.75, 3.05) is 7.11 Å². The topological polar surface area (TPSA) is 96.0 Å². The molecule has 2 aromatic carbocycles. The molecule has 4 N–H and O–H groups in total. The molecule has 2 amide bonds. The lowest BCUT2D eigenvalue weighted by atomic mass is 10.1. The Bertz CT molecular complexity index is 763. The van der Waals surface area contributed by atoms with Gasteiger partial charge in [0.15, 0.2) is 0 Å². The van der Waals surface area contributed by atoms with Gasteiger partial charge in [0, 0.05) is 5.56 Å². The van der Waals surface area contributed by atoms with Crippen LogP contribution in [0.25, 0.3) is 0 Å². The largest absolute Gasteiger partial charge is 0.497 e. The van der Waals surface area contributed by atoms with Crippen molar-refractivity contribution in [3.05, 3.63) is 65.2 Å². The zero-order valence-corrected chi connectivity index (χ0v) is 13.1. The normalized spacial score (nSPS) is 11.1. The molecule has 0 saturated carbocycles. The molecule has 0 spiro atoms. The van der Waals surface area contributed by atoms with E-state index in [2.05, 4.69) is 11.8 Å². The zero-order chi connectivity index (χ0) is 17.5. The van der Waals surface area contributed by atoms with E-state index in [1.54, 1.807) is 37.4 Å². The minimum atomic E-state index is -0.952. The first kappa shape index (κ1) is 17.3. The van der Waals surface area contributed by atoms with Gasteiger partial charge in [-0.2, -0.15) is 0 Å². The molecule has 0 aromatic heterocycles. The molecule has 6 heteroatoms. The number of aliphatic hydroxyl groups excluding tert-OH is 1. The predicted octanol–water partition coefficient (Wildman–Crippen LogP) is 2.05. The highest BCUT2D eigenvalue weighted by Crippen LogP contribution is 2.15. The molecule has 0 saturated heterocycles. The van der Waals surface area contributed by atoms with Crippen molar-refractivity contribution in [3.63, 3.8) is 0 Å². The SMILES string of the molecule is COc1cccc(C#CC(O)c2ccc(CN(O)C(N)=O)cc2)c1. The lowest BCUT2D eigenvalue weighted by molar-refractivity contribution is -0.0470. The van der Waals surface area contributed by atoms with E-state index in [4.69, 9.17) is 10.5 Å². The van der Waals surface area contributed by atoms with Crippen LogP contribution in [0.3, 0.4) is 0 Å². The molecule has 0 fully saturated rings. The number of aliphatic hydroxyl groups is 1. The zero-order valence-electron chi connectivity index (χ0n) is 13.1. The average molecular weight is 326 g/mol. The molecule has 2 aromatic rings. The Balaban J connectivity index is 2.06. The van der Waals surface area contributed by atoms with Gasteiger partial charge in [-0.1, -0.05) is 42.2 Å². The summed E-state index contributed by atoms with van der Waals surface area (Å²) in [5, 5.41) is 19.8. The molecule has 0 aliphatic heterocycles. The summed E-state index contributed by atoms with van der Waals surface area (Å²) >= 11 is 0. The fraction of sp³-hybridized carbons (Fsp3) is 0.167. The number of carbonyl (C=O) groups excluding carboxylic acids is 1. The molecule has 24 heavy (non-hydrogen) atoms. The second-order valence-corrected chi connectivity index (χ2v) is 5.04. The first-order valence-electron chi connectivity index (χ1n) is 7.18. The molecular weight excluding hydrogens is 308 g/mol. The summed E-state index contributed by atoms with van der Waals surface area (Å²) in [5.74, 6) is 6.35. The van der Waals surface area contributed by atoms with Crippen LogP contribution in [0.5, 0.6) is 5.75 Å². The number of hydroxylamine groups is 2. The van der Waals surface area contributed by atoms with Crippen LogP contribution in [-0.4, -0.2) is 28.5 Å². The van der Waals surface area contributed by atoms with Crippen LogP contribution in [0.15, 0.2) is 48.5 Å². The van der Waals surface area contributed by atoms with Gasteiger partial charge in [-0.05, 0) is 29.3 Å². The minimum absolute atomic E-state index is 0.0266. The molecule has 0 radical (unpaired) electrons. The van der Waals surface area contributed by atoms with Crippen molar-refractivity contribution in [2.24, 2.45) is 5.73 Å². The van der Waals surface area contributed by atoms with Crippen LogP contribution in [0.1, 0.15) is 22.8 Å². The Kier molecular flexibility index (Phi) is 5.79. The first-order chi connectivity index (χ1) is 11.5. The second kappa shape index (κ2) is 8.02. The predicted molar refractivity (Wildman–Crippen MR) is 88.2 cm³/mol. The number of benzene rings is 2. The molecule has 1 unspecified atom stereocenters. The van der Waals surface area contributed by atoms with E-state index < -0.39 is 12.1 Å². The molecule has 0 bridgehead atoms. The van der Waals surface area contributed by atoms with E-state index in [1.807, 2.05) is 18.2 Å². The lowest BCUT2D eigenvalue weighted by Gasteiger charge is -2.12. The Morgan fingerprint density at radius 3 is 2.62 bits per heavy atom. The Labute approximate surface area is 140 Å². The molecule has 124 valence electrons. The number of urea groups is 1. The number of amides is 2. The number of carbonyl (C=O) groups is 1. The maximum absolute atomic E-state index is 10.8.